The van der Waals surface area contributed by atoms with Crippen LogP contribution in [-0.2, 0) is 23.2 Å². The SMILES string of the molecule is CC(O)(C(=O)O)c1ccccc1CCCc1cccc(/C=C/c2ccc3ccc(Cl)cc3n2)c1. The summed E-state index contributed by atoms with van der Waals surface area (Å²) < 4.78 is 0. The molecule has 0 aliphatic carbocycles. The molecule has 2 N–H and O–H groups in total. The molecule has 0 saturated carbocycles. The van der Waals surface area contributed by atoms with Crippen molar-refractivity contribution in [1.82, 2.24) is 4.98 Å². The summed E-state index contributed by atoms with van der Waals surface area (Å²) in [6.07, 6.45) is 6.40. The van der Waals surface area contributed by atoms with Crippen molar-refractivity contribution >= 4 is 40.6 Å². The van der Waals surface area contributed by atoms with Gasteiger partial charge in [-0.25, -0.2) is 9.78 Å². The van der Waals surface area contributed by atoms with Crippen molar-refractivity contribution in [3.05, 3.63) is 112 Å². The first-order chi connectivity index (χ1) is 16.3. The summed E-state index contributed by atoms with van der Waals surface area (Å²) in [5, 5.41) is 21.5. The number of carboxylic acid groups (broad SMARTS) is 1. The van der Waals surface area contributed by atoms with Crippen LogP contribution in [0.25, 0.3) is 23.1 Å². The molecule has 0 amide bonds. The second-order valence-electron chi connectivity index (χ2n) is 8.54. The zero-order chi connectivity index (χ0) is 24.1. The van der Waals surface area contributed by atoms with E-state index in [0.29, 0.717) is 17.0 Å². The fourth-order valence-electron chi connectivity index (χ4n) is 4.04. The minimum atomic E-state index is -1.90. The Labute approximate surface area is 204 Å². The predicted molar refractivity (Wildman–Crippen MR) is 138 cm³/mol. The summed E-state index contributed by atoms with van der Waals surface area (Å²) in [5.41, 5.74) is 3.41. The lowest BCUT2D eigenvalue weighted by molar-refractivity contribution is -0.157. The minimum Gasteiger partial charge on any atom is -0.479 e. The molecular formula is C29H26ClNO3. The monoisotopic (exact) mass is 471 g/mol. The number of fused-ring (bicyclic) bond motifs is 1. The summed E-state index contributed by atoms with van der Waals surface area (Å²) in [4.78, 5) is 16.1. The topological polar surface area (TPSA) is 70.4 Å². The lowest BCUT2D eigenvalue weighted by atomic mass is 9.89. The molecule has 1 heterocycles. The molecule has 5 heteroatoms. The maximum Gasteiger partial charge on any atom is 0.340 e. The Morgan fingerprint density at radius 2 is 1.76 bits per heavy atom. The molecule has 3 aromatic carbocycles. The maximum absolute atomic E-state index is 11.5. The van der Waals surface area contributed by atoms with Crippen molar-refractivity contribution < 1.29 is 15.0 Å². The van der Waals surface area contributed by atoms with Gasteiger partial charge in [0.05, 0.1) is 11.2 Å². The fourth-order valence-corrected chi connectivity index (χ4v) is 4.21. The number of aliphatic carboxylic acids is 1. The number of aryl methyl sites for hydroxylation is 2. The van der Waals surface area contributed by atoms with E-state index in [1.54, 1.807) is 12.1 Å². The van der Waals surface area contributed by atoms with Gasteiger partial charge in [-0.2, -0.15) is 0 Å². The summed E-state index contributed by atoms with van der Waals surface area (Å²) in [6.45, 7) is 1.32. The molecule has 4 rings (SSSR count). The molecule has 0 aliphatic heterocycles. The van der Waals surface area contributed by atoms with Crippen molar-refractivity contribution in [2.24, 2.45) is 0 Å². The van der Waals surface area contributed by atoms with Gasteiger partial charge in [0.25, 0.3) is 0 Å². The number of carboxylic acids is 1. The van der Waals surface area contributed by atoms with Crippen LogP contribution in [0.2, 0.25) is 5.02 Å². The summed E-state index contributed by atoms with van der Waals surface area (Å²) >= 11 is 6.09. The molecule has 4 aromatic rings. The van der Waals surface area contributed by atoms with Gasteiger partial charge in [-0.1, -0.05) is 78.3 Å². The average molecular weight is 472 g/mol. The van der Waals surface area contributed by atoms with Gasteiger partial charge >= 0.3 is 5.97 Å². The number of pyridine rings is 1. The Bertz CT molecular complexity index is 1360. The minimum absolute atomic E-state index is 0.448. The molecule has 1 unspecified atom stereocenters. The van der Waals surface area contributed by atoms with Crippen LogP contribution in [0, 0.1) is 0 Å². The smallest absolute Gasteiger partial charge is 0.340 e. The van der Waals surface area contributed by atoms with Gasteiger partial charge in [-0.15, -0.1) is 0 Å². The first-order valence-corrected chi connectivity index (χ1v) is 11.6. The van der Waals surface area contributed by atoms with Crippen molar-refractivity contribution in [1.29, 1.82) is 0 Å². The van der Waals surface area contributed by atoms with Crippen LogP contribution in [0.3, 0.4) is 0 Å². The number of aliphatic hydroxyl groups is 1. The third-order valence-corrected chi connectivity index (χ3v) is 6.18. The van der Waals surface area contributed by atoms with Gasteiger partial charge in [0.15, 0.2) is 5.60 Å². The largest absolute Gasteiger partial charge is 0.479 e. The van der Waals surface area contributed by atoms with Crippen LogP contribution in [0.5, 0.6) is 0 Å². The fraction of sp³-hybridized carbons (Fsp3) is 0.172. The summed E-state index contributed by atoms with van der Waals surface area (Å²) in [7, 11) is 0. The lowest BCUT2D eigenvalue weighted by Crippen LogP contribution is -2.33. The second kappa shape index (κ2) is 10.2. The Balaban J connectivity index is 1.43. The summed E-state index contributed by atoms with van der Waals surface area (Å²) in [5.74, 6) is -1.25. The third-order valence-electron chi connectivity index (χ3n) is 5.94. The van der Waals surface area contributed by atoms with E-state index < -0.39 is 11.6 Å². The zero-order valence-electron chi connectivity index (χ0n) is 18.9. The highest BCUT2D eigenvalue weighted by molar-refractivity contribution is 6.31. The highest BCUT2D eigenvalue weighted by Crippen LogP contribution is 2.26. The molecule has 0 saturated heterocycles. The molecule has 0 aliphatic rings. The van der Waals surface area contributed by atoms with Crippen LogP contribution in [0.15, 0.2) is 78.9 Å². The third kappa shape index (κ3) is 5.53. The van der Waals surface area contributed by atoms with Crippen molar-refractivity contribution in [2.75, 3.05) is 0 Å². The van der Waals surface area contributed by atoms with E-state index in [9.17, 15) is 15.0 Å². The normalized spacial score (nSPS) is 13.3. The van der Waals surface area contributed by atoms with E-state index in [2.05, 4.69) is 23.2 Å². The predicted octanol–water partition coefficient (Wildman–Crippen LogP) is 6.53. The van der Waals surface area contributed by atoms with E-state index in [4.69, 9.17) is 11.6 Å². The van der Waals surface area contributed by atoms with Crippen LogP contribution < -0.4 is 0 Å². The van der Waals surface area contributed by atoms with Gasteiger partial charge in [-0.05, 0) is 72.7 Å². The number of halogens is 1. The van der Waals surface area contributed by atoms with E-state index in [1.807, 2.05) is 60.7 Å². The van der Waals surface area contributed by atoms with Gasteiger partial charge < -0.3 is 10.2 Å². The highest BCUT2D eigenvalue weighted by atomic mass is 35.5. The molecule has 4 nitrogen and oxygen atoms in total. The Morgan fingerprint density at radius 1 is 0.971 bits per heavy atom. The number of rotatable bonds is 8. The van der Waals surface area contributed by atoms with E-state index in [1.165, 1.54) is 12.5 Å². The van der Waals surface area contributed by atoms with Crippen LogP contribution in [0.1, 0.15) is 41.3 Å². The van der Waals surface area contributed by atoms with E-state index in [0.717, 1.165) is 40.6 Å². The number of nitrogens with zero attached hydrogens (tertiary/aromatic N) is 1. The zero-order valence-corrected chi connectivity index (χ0v) is 19.7. The second-order valence-corrected chi connectivity index (χ2v) is 8.98. The first-order valence-electron chi connectivity index (χ1n) is 11.2. The Kier molecular flexibility index (Phi) is 7.11. The highest BCUT2D eigenvalue weighted by Gasteiger charge is 2.33. The van der Waals surface area contributed by atoms with Crippen LogP contribution in [-0.4, -0.2) is 21.2 Å². The molecule has 34 heavy (non-hydrogen) atoms. The Hall–Kier alpha value is -3.47. The molecule has 1 aromatic heterocycles. The molecule has 1 atom stereocenters. The van der Waals surface area contributed by atoms with Gasteiger partial charge in [0.2, 0.25) is 0 Å². The standard InChI is InChI=1S/C29H26ClNO3/c1-29(34,28(32)33)26-11-3-2-9-22(26)10-5-8-20-6-4-7-21(18-20)12-16-25-17-14-23-13-15-24(30)19-27(23)31-25/h2-4,6-7,9,11-19,34H,5,8,10H2,1H3,(H,32,33)/b16-12+. The van der Waals surface area contributed by atoms with Crippen molar-refractivity contribution in [3.63, 3.8) is 0 Å². The first kappa shape index (κ1) is 23.7. The average Bonchev–Trinajstić information content (AvgIpc) is 2.83. The van der Waals surface area contributed by atoms with E-state index in [-0.39, 0.29) is 0 Å². The van der Waals surface area contributed by atoms with Crippen molar-refractivity contribution in [2.45, 2.75) is 31.8 Å². The van der Waals surface area contributed by atoms with Gasteiger partial charge in [0, 0.05) is 10.4 Å². The number of hydrogen-bond acceptors (Lipinski definition) is 3. The number of aromatic nitrogens is 1. The van der Waals surface area contributed by atoms with Crippen molar-refractivity contribution in [3.8, 4) is 0 Å². The molecular weight excluding hydrogens is 446 g/mol. The van der Waals surface area contributed by atoms with Gasteiger partial charge in [-0.3, -0.25) is 0 Å². The summed E-state index contributed by atoms with van der Waals surface area (Å²) in [6, 6.07) is 25.2. The number of benzene rings is 3. The molecule has 172 valence electrons. The lowest BCUT2D eigenvalue weighted by Gasteiger charge is -2.21. The molecule has 0 fully saturated rings. The molecule has 0 radical (unpaired) electrons. The number of hydrogen-bond donors (Lipinski definition) is 2. The maximum atomic E-state index is 11.5. The van der Waals surface area contributed by atoms with Gasteiger partial charge in [0.1, 0.15) is 0 Å². The molecule has 0 spiro atoms. The quantitative estimate of drug-likeness (QED) is 0.306. The van der Waals surface area contributed by atoms with Crippen LogP contribution in [0.4, 0.5) is 0 Å². The molecule has 0 bridgehead atoms. The van der Waals surface area contributed by atoms with E-state index >= 15 is 0 Å². The number of carbonyl (C=O) groups is 1. The van der Waals surface area contributed by atoms with Crippen LogP contribution >= 0.6 is 11.6 Å². The Morgan fingerprint density at radius 3 is 2.59 bits per heavy atom.